The lowest BCUT2D eigenvalue weighted by molar-refractivity contribution is 0.515. The molecule has 0 bridgehead atoms. The lowest BCUT2D eigenvalue weighted by Crippen LogP contribution is -2.25. The van der Waals surface area contributed by atoms with Crippen molar-refractivity contribution in [2.45, 2.75) is 19.4 Å². The Balaban J connectivity index is 2.02. The number of hydrogen-bond donors (Lipinski definition) is 1. The van der Waals surface area contributed by atoms with E-state index in [1.54, 1.807) is 6.20 Å². The van der Waals surface area contributed by atoms with Gasteiger partial charge in [-0.2, -0.15) is 16.9 Å². The Hall–Kier alpha value is -0.930. The maximum atomic E-state index is 11.9. The van der Waals surface area contributed by atoms with Crippen LogP contribution in [0.15, 0.2) is 15.5 Å². The van der Waals surface area contributed by atoms with Crippen molar-refractivity contribution in [1.82, 2.24) is 9.78 Å². The standard InChI is InChI=1S/C13H16BrN3OS/c1-2-5-17-13(18)12(14)11(9-16-17)15-8-10-3-6-19-7-4-10/h1,9-10,15H,3-8H2. The van der Waals surface area contributed by atoms with E-state index in [9.17, 15) is 4.79 Å². The highest BCUT2D eigenvalue weighted by Gasteiger charge is 2.15. The molecular weight excluding hydrogens is 326 g/mol. The molecule has 1 saturated heterocycles. The zero-order valence-corrected chi connectivity index (χ0v) is 13.0. The first-order chi connectivity index (χ1) is 9.22. The van der Waals surface area contributed by atoms with Gasteiger partial charge in [0.1, 0.15) is 11.0 Å². The average molecular weight is 342 g/mol. The zero-order valence-electron chi connectivity index (χ0n) is 10.6. The Morgan fingerprint density at radius 3 is 3.00 bits per heavy atom. The van der Waals surface area contributed by atoms with Crippen molar-refractivity contribution in [3.05, 3.63) is 21.0 Å². The summed E-state index contributed by atoms with van der Waals surface area (Å²) in [5.41, 5.74) is 0.554. The molecule has 0 atom stereocenters. The van der Waals surface area contributed by atoms with Crippen LogP contribution in [0.3, 0.4) is 0 Å². The van der Waals surface area contributed by atoms with Crippen LogP contribution in [-0.2, 0) is 6.54 Å². The van der Waals surface area contributed by atoms with E-state index in [-0.39, 0.29) is 12.1 Å². The third-order valence-electron chi connectivity index (χ3n) is 3.15. The number of rotatable bonds is 4. The summed E-state index contributed by atoms with van der Waals surface area (Å²) in [5, 5.41) is 7.37. The van der Waals surface area contributed by atoms with E-state index in [0.29, 0.717) is 10.4 Å². The summed E-state index contributed by atoms with van der Waals surface area (Å²) in [4.78, 5) is 11.9. The normalized spacial score (nSPS) is 16.0. The second kappa shape index (κ2) is 7.01. The second-order valence-electron chi connectivity index (χ2n) is 4.48. The third kappa shape index (κ3) is 3.77. The summed E-state index contributed by atoms with van der Waals surface area (Å²) in [6, 6.07) is 0. The van der Waals surface area contributed by atoms with Crippen LogP contribution in [0.5, 0.6) is 0 Å². The van der Waals surface area contributed by atoms with Crippen molar-refractivity contribution in [3.63, 3.8) is 0 Å². The Labute approximate surface area is 125 Å². The molecule has 0 spiro atoms. The highest BCUT2D eigenvalue weighted by molar-refractivity contribution is 9.10. The monoisotopic (exact) mass is 341 g/mol. The smallest absolute Gasteiger partial charge is 0.284 e. The van der Waals surface area contributed by atoms with Crippen molar-refractivity contribution in [2.24, 2.45) is 5.92 Å². The molecule has 1 N–H and O–H groups in total. The molecule has 4 nitrogen and oxygen atoms in total. The quantitative estimate of drug-likeness (QED) is 0.853. The molecule has 2 heterocycles. The number of hydrogen-bond acceptors (Lipinski definition) is 4. The summed E-state index contributed by atoms with van der Waals surface area (Å²) < 4.78 is 1.77. The Morgan fingerprint density at radius 2 is 2.32 bits per heavy atom. The highest BCUT2D eigenvalue weighted by Crippen LogP contribution is 2.24. The molecular formula is C13H16BrN3OS. The minimum atomic E-state index is -0.192. The van der Waals surface area contributed by atoms with E-state index in [4.69, 9.17) is 6.42 Å². The molecule has 102 valence electrons. The fourth-order valence-electron chi connectivity index (χ4n) is 1.99. The summed E-state index contributed by atoms with van der Waals surface area (Å²) in [7, 11) is 0. The third-order valence-corrected chi connectivity index (χ3v) is 4.96. The molecule has 0 saturated carbocycles. The van der Waals surface area contributed by atoms with Crippen LogP contribution in [0, 0.1) is 18.3 Å². The Kier molecular flexibility index (Phi) is 5.34. The van der Waals surface area contributed by atoms with Gasteiger partial charge in [-0.1, -0.05) is 5.92 Å². The van der Waals surface area contributed by atoms with Gasteiger partial charge in [-0.05, 0) is 46.2 Å². The predicted molar refractivity (Wildman–Crippen MR) is 83.6 cm³/mol. The molecule has 0 amide bonds. The lowest BCUT2D eigenvalue weighted by atomic mass is 10.0. The number of halogens is 1. The number of terminal acetylenes is 1. The van der Waals surface area contributed by atoms with Gasteiger partial charge in [0.15, 0.2) is 0 Å². The van der Waals surface area contributed by atoms with Crippen LogP contribution >= 0.6 is 27.7 Å². The largest absolute Gasteiger partial charge is 0.382 e. The van der Waals surface area contributed by atoms with Gasteiger partial charge in [-0.25, -0.2) is 4.68 Å². The van der Waals surface area contributed by atoms with E-state index in [1.165, 1.54) is 29.0 Å². The van der Waals surface area contributed by atoms with Gasteiger partial charge in [0, 0.05) is 6.54 Å². The van der Waals surface area contributed by atoms with E-state index in [0.717, 1.165) is 12.2 Å². The van der Waals surface area contributed by atoms with Crippen LogP contribution in [0.4, 0.5) is 5.69 Å². The predicted octanol–water partition coefficient (Wildman–Crippen LogP) is 2.19. The maximum Gasteiger partial charge on any atom is 0.284 e. The van der Waals surface area contributed by atoms with Crippen LogP contribution in [0.1, 0.15) is 12.8 Å². The summed E-state index contributed by atoms with van der Waals surface area (Å²) in [6.07, 6.45) is 9.31. The number of nitrogens with zero attached hydrogens (tertiary/aromatic N) is 2. The van der Waals surface area contributed by atoms with Crippen LogP contribution in [0.25, 0.3) is 0 Å². The maximum absolute atomic E-state index is 11.9. The number of thioether (sulfide) groups is 1. The highest BCUT2D eigenvalue weighted by atomic mass is 79.9. The molecule has 1 aromatic heterocycles. The number of aromatic nitrogens is 2. The molecule has 19 heavy (non-hydrogen) atoms. The molecule has 0 unspecified atom stereocenters. The van der Waals surface area contributed by atoms with Crippen molar-refractivity contribution in [2.75, 3.05) is 23.4 Å². The van der Waals surface area contributed by atoms with Gasteiger partial charge >= 0.3 is 0 Å². The molecule has 6 heteroatoms. The van der Waals surface area contributed by atoms with E-state index in [2.05, 4.69) is 32.3 Å². The fourth-order valence-corrected chi connectivity index (χ4v) is 3.64. The summed E-state index contributed by atoms with van der Waals surface area (Å²) in [6.45, 7) is 1.08. The molecule has 1 aliphatic rings. The van der Waals surface area contributed by atoms with Crippen molar-refractivity contribution < 1.29 is 0 Å². The van der Waals surface area contributed by atoms with E-state index >= 15 is 0 Å². The van der Waals surface area contributed by atoms with Gasteiger partial charge in [-0.3, -0.25) is 4.79 Å². The number of anilines is 1. The Bertz CT molecular complexity index is 532. The Morgan fingerprint density at radius 1 is 1.58 bits per heavy atom. The van der Waals surface area contributed by atoms with Crippen molar-refractivity contribution >= 4 is 33.4 Å². The van der Waals surface area contributed by atoms with Gasteiger partial charge in [0.25, 0.3) is 5.56 Å². The van der Waals surface area contributed by atoms with Crippen LogP contribution in [0.2, 0.25) is 0 Å². The van der Waals surface area contributed by atoms with Gasteiger partial charge in [0.05, 0.1) is 11.9 Å². The summed E-state index contributed by atoms with van der Waals surface area (Å²) in [5.74, 6) is 5.56. The van der Waals surface area contributed by atoms with Gasteiger partial charge < -0.3 is 5.32 Å². The molecule has 2 rings (SSSR count). The molecule has 0 aliphatic carbocycles. The molecule has 1 aromatic rings. The lowest BCUT2D eigenvalue weighted by Gasteiger charge is -2.22. The second-order valence-corrected chi connectivity index (χ2v) is 6.49. The SMILES string of the molecule is C#CCn1ncc(NCC2CCSCC2)c(Br)c1=O. The molecule has 0 aromatic carbocycles. The minimum Gasteiger partial charge on any atom is -0.382 e. The van der Waals surface area contributed by atoms with Gasteiger partial charge in [0.2, 0.25) is 0 Å². The first-order valence-electron chi connectivity index (χ1n) is 6.23. The van der Waals surface area contributed by atoms with Gasteiger partial charge in [-0.15, -0.1) is 6.42 Å². The number of nitrogens with one attached hydrogen (secondary N) is 1. The van der Waals surface area contributed by atoms with Crippen molar-refractivity contribution in [3.8, 4) is 12.3 Å². The first kappa shape index (κ1) is 14.5. The van der Waals surface area contributed by atoms with E-state index < -0.39 is 0 Å². The molecule has 0 radical (unpaired) electrons. The van der Waals surface area contributed by atoms with Crippen LogP contribution < -0.4 is 10.9 Å². The molecule has 1 aliphatic heterocycles. The fraction of sp³-hybridized carbons (Fsp3) is 0.538. The van der Waals surface area contributed by atoms with E-state index in [1.807, 2.05) is 11.8 Å². The first-order valence-corrected chi connectivity index (χ1v) is 8.18. The molecule has 1 fully saturated rings. The average Bonchev–Trinajstić information content (AvgIpc) is 2.44. The zero-order chi connectivity index (χ0) is 13.7. The van der Waals surface area contributed by atoms with Crippen molar-refractivity contribution in [1.29, 1.82) is 0 Å². The van der Waals surface area contributed by atoms with Crippen LogP contribution in [-0.4, -0.2) is 27.8 Å². The topological polar surface area (TPSA) is 46.9 Å². The summed E-state index contributed by atoms with van der Waals surface area (Å²) >= 11 is 5.33. The minimum absolute atomic E-state index is 0.192.